The van der Waals surface area contributed by atoms with Gasteiger partial charge in [0, 0.05) is 6.61 Å². The Labute approximate surface area is 115 Å². The van der Waals surface area contributed by atoms with Gasteiger partial charge in [0.05, 0.1) is 24.7 Å². The van der Waals surface area contributed by atoms with E-state index in [0.717, 1.165) is 12.8 Å². The summed E-state index contributed by atoms with van der Waals surface area (Å²) in [7, 11) is 0. The second-order valence-corrected chi connectivity index (χ2v) is 5.23. The predicted octanol–water partition coefficient (Wildman–Crippen LogP) is 2.45. The molecule has 0 bridgehead atoms. The molecule has 0 aliphatic heterocycles. The molecule has 0 unspecified atom stereocenters. The first kappa shape index (κ1) is 16.2. The summed E-state index contributed by atoms with van der Waals surface area (Å²) in [4.78, 5) is 11.6. The molecule has 110 valence electrons. The molecule has 0 aromatic carbocycles. The van der Waals surface area contributed by atoms with E-state index >= 15 is 0 Å². The summed E-state index contributed by atoms with van der Waals surface area (Å²) in [6.45, 7) is 6.90. The van der Waals surface area contributed by atoms with Gasteiger partial charge in [-0.15, -0.1) is 6.58 Å². The maximum absolute atomic E-state index is 11.6. The standard InChI is InChI=1S/C15H26O4/c1-3-5-6-11-18-12-15(17)9-7-13(8-10-15)14(16)19-4-2/h3,13,17H,1,4-12H2,2H3. The molecule has 1 fully saturated rings. The van der Waals surface area contributed by atoms with Gasteiger partial charge < -0.3 is 14.6 Å². The summed E-state index contributed by atoms with van der Waals surface area (Å²) >= 11 is 0. The van der Waals surface area contributed by atoms with Crippen molar-refractivity contribution in [2.75, 3.05) is 19.8 Å². The van der Waals surface area contributed by atoms with Crippen molar-refractivity contribution in [2.45, 2.75) is 51.0 Å². The number of ether oxygens (including phenoxy) is 2. The maximum Gasteiger partial charge on any atom is 0.308 e. The molecule has 0 aromatic rings. The normalized spacial score (nSPS) is 26.9. The Balaban J connectivity index is 2.23. The van der Waals surface area contributed by atoms with E-state index < -0.39 is 5.60 Å². The second kappa shape index (κ2) is 8.33. The molecule has 1 N–H and O–H groups in total. The van der Waals surface area contributed by atoms with Crippen molar-refractivity contribution in [1.29, 1.82) is 0 Å². The molecule has 19 heavy (non-hydrogen) atoms. The van der Waals surface area contributed by atoms with E-state index in [9.17, 15) is 9.90 Å². The number of aliphatic hydroxyl groups is 1. The quantitative estimate of drug-likeness (QED) is 0.418. The molecule has 1 aliphatic carbocycles. The van der Waals surface area contributed by atoms with Crippen LogP contribution < -0.4 is 0 Å². The molecule has 0 saturated heterocycles. The average Bonchev–Trinajstić information content (AvgIpc) is 2.39. The Morgan fingerprint density at radius 1 is 1.47 bits per heavy atom. The Kier molecular flexibility index (Phi) is 7.10. The summed E-state index contributed by atoms with van der Waals surface area (Å²) in [5, 5.41) is 10.4. The van der Waals surface area contributed by atoms with Gasteiger partial charge in [0.1, 0.15) is 0 Å². The van der Waals surface area contributed by atoms with Crippen molar-refractivity contribution in [2.24, 2.45) is 5.92 Å². The van der Waals surface area contributed by atoms with Crippen molar-refractivity contribution in [3.05, 3.63) is 12.7 Å². The molecule has 1 saturated carbocycles. The summed E-state index contributed by atoms with van der Waals surface area (Å²) in [6.07, 6.45) is 6.32. The highest BCUT2D eigenvalue weighted by molar-refractivity contribution is 5.72. The van der Waals surface area contributed by atoms with Crippen LogP contribution in [0.1, 0.15) is 45.4 Å². The average molecular weight is 270 g/mol. The molecule has 0 heterocycles. The van der Waals surface area contributed by atoms with Crippen LogP contribution in [0.3, 0.4) is 0 Å². The van der Waals surface area contributed by atoms with Gasteiger partial charge in [0.15, 0.2) is 0 Å². The zero-order valence-corrected chi connectivity index (χ0v) is 11.9. The van der Waals surface area contributed by atoms with E-state index in [-0.39, 0.29) is 11.9 Å². The van der Waals surface area contributed by atoms with Crippen molar-refractivity contribution >= 4 is 5.97 Å². The number of hydrogen-bond acceptors (Lipinski definition) is 4. The molecule has 1 aliphatic rings. The Morgan fingerprint density at radius 2 is 2.16 bits per heavy atom. The summed E-state index contributed by atoms with van der Waals surface area (Å²) in [5.41, 5.74) is -0.767. The highest BCUT2D eigenvalue weighted by Crippen LogP contribution is 2.33. The van der Waals surface area contributed by atoms with Gasteiger partial charge in [0.25, 0.3) is 0 Å². The lowest BCUT2D eigenvalue weighted by Crippen LogP contribution is -2.40. The molecule has 0 radical (unpaired) electrons. The first-order chi connectivity index (χ1) is 9.11. The van der Waals surface area contributed by atoms with Crippen LogP contribution in [0.4, 0.5) is 0 Å². The largest absolute Gasteiger partial charge is 0.466 e. The fourth-order valence-electron chi connectivity index (χ4n) is 2.39. The molecule has 4 heteroatoms. The van der Waals surface area contributed by atoms with E-state index in [2.05, 4.69) is 6.58 Å². The minimum absolute atomic E-state index is 0.0546. The van der Waals surface area contributed by atoms with Crippen LogP contribution in [0.25, 0.3) is 0 Å². The third kappa shape index (κ3) is 5.74. The van der Waals surface area contributed by atoms with Gasteiger partial charge in [-0.3, -0.25) is 4.79 Å². The van der Waals surface area contributed by atoms with Gasteiger partial charge >= 0.3 is 5.97 Å². The lowest BCUT2D eigenvalue weighted by atomic mass is 9.79. The van der Waals surface area contributed by atoms with Crippen molar-refractivity contribution < 1.29 is 19.4 Å². The highest BCUT2D eigenvalue weighted by atomic mass is 16.5. The zero-order valence-electron chi connectivity index (χ0n) is 11.9. The van der Waals surface area contributed by atoms with Crippen molar-refractivity contribution in [3.8, 4) is 0 Å². The third-order valence-electron chi connectivity index (χ3n) is 3.60. The number of rotatable bonds is 8. The zero-order chi connectivity index (χ0) is 14.1. The maximum atomic E-state index is 11.6. The van der Waals surface area contributed by atoms with E-state index in [4.69, 9.17) is 9.47 Å². The molecule has 0 amide bonds. The van der Waals surface area contributed by atoms with Crippen molar-refractivity contribution in [3.63, 3.8) is 0 Å². The number of esters is 1. The fraction of sp³-hybridized carbons (Fsp3) is 0.800. The summed E-state index contributed by atoms with van der Waals surface area (Å²) in [6, 6.07) is 0. The number of unbranched alkanes of at least 4 members (excludes halogenated alkanes) is 1. The SMILES string of the molecule is C=CCCCOCC1(O)CCC(C(=O)OCC)CC1. The van der Waals surface area contributed by atoms with E-state index in [0.29, 0.717) is 45.5 Å². The lowest BCUT2D eigenvalue weighted by molar-refractivity contribution is -0.152. The predicted molar refractivity (Wildman–Crippen MR) is 73.8 cm³/mol. The number of carbonyl (C=O) groups excluding carboxylic acids is 1. The minimum Gasteiger partial charge on any atom is -0.466 e. The number of allylic oxidation sites excluding steroid dienone is 1. The minimum atomic E-state index is -0.767. The Morgan fingerprint density at radius 3 is 2.74 bits per heavy atom. The highest BCUT2D eigenvalue weighted by Gasteiger charge is 2.36. The summed E-state index contributed by atoms with van der Waals surface area (Å²) < 4.78 is 10.5. The molecule has 0 aromatic heterocycles. The molecular weight excluding hydrogens is 244 g/mol. The van der Waals surface area contributed by atoms with E-state index in [1.165, 1.54) is 0 Å². The number of carbonyl (C=O) groups is 1. The second-order valence-electron chi connectivity index (χ2n) is 5.23. The van der Waals surface area contributed by atoms with E-state index in [1.807, 2.05) is 13.0 Å². The number of hydrogen-bond donors (Lipinski definition) is 1. The fourth-order valence-corrected chi connectivity index (χ4v) is 2.39. The first-order valence-corrected chi connectivity index (χ1v) is 7.19. The van der Waals surface area contributed by atoms with Gasteiger partial charge in [-0.2, -0.15) is 0 Å². The smallest absolute Gasteiger partial charge is 0.308 e. The van der Waals surface area contributed by atoms with Crippen LogP contribution >= 0.6 is 0 Å². The van der Waals surface area contributed by atoms with Gasteiger partial charge in [-0.05, 0) is 45.4 Å². The van der Waals surface area contributed by atoms with E-state index in [1.54, 1.807) is 0 Å². The first-order valence-electron chi connectivity index (χ1n) is 7.19. The third-order valence-corrected chi connectivity index (χ3v) is 3.60. The van der Waals surface area contributed by atoms with Crippen LogP contribution in [-0.2, 0) is 14.3 Å². The Bertz CT molecular complexity index is 280. The van der Waals surface area contributed by atoms with Gasteiger partial charge in [-0.1, -0.05) is 6.08 Å². The van der Waals surface area contributed by atoms with Crippen LogP contribution in [0, 0.1) is 5.92 Å². The van der Waals surface area contributed by atoms with Gasteiger partial charge in [0.2, 0.25) is 0 Å². The topological polar surface area (TPSA) is 55.8 Å². The van der Waals surface area contributed by atoms with Gasteiger partial charge in [-0.25, -0.2) is 0 Å². The molecule has 0 atom stereocenters. The Hall–Kier alpha value is -0.870. The summed E-state index contributed by atoms with van der Waals surface area (Å²) in [5.74, 6) is -0.183. The molecule has 4 nitrogen and oxygen atoms in total. The van der Waals surface area contributed by atoms with Crippen LogP contribution in [0.5, 0.6) is 0 Å². The van der Waals surface area contributed by atoms with Crippen LogP contribution in [-0.4, -0.2) is 36.5 Å². The monoisotopic (exact) mass is 270 g/mol. The van der Waals surface area contributed by atoms with Crippen LogP contribution in [0.2, 0.25) is 0 Å². The molecule has 1 rings (SSSR count). The van der Waals surface area contributed by atoms with Crippen LogP contribution in [0.15, 0.2) is 12.7 Å². The van der Waals surface area contributed by atoms with Crippen molar-refractivity contribution in [1.82, 2.24) is 0 Å². The molecule has 0 spiro atoms. The lowest BCUT2D eigenvalue weighted by Gasteiger charge is -2.34. The molecular formula is C15H26O4.